The molecule has 3 rings (SSSR count). The number of methoxy groups -OCH3 is 1. The number of allylic oxidation sites excluding steroid dienone is 2. The average molecular weight is 416 g/mol. The molecule has 0 bridgehead atoms. The van der Waals surface area contributed by atoms with E-state index in [2.05, 4.69) is 10.3 Å². The molecular formula is C21H22ClN3O4. The SMILES string of the molecule is COCCCN(Cc1c[nH]c(=O)c2ccccc12)C(=O)N[C@@H]1C=CC(=O)C(Cl)=C1. The number of nitrogens with zero attached hydrogens (tertiary/aromatic N) is 1. The molecule has 0 spiro atoms. The Morgan fingerprint density at radius 1 is 1.28 bits per heavy atom. The van der Waals surface area contributed by atoms with Gasteiger partial charge in [-0.1, -0.05) is 35.9 Å². The molecule has 152 valence electrons. The number of aromatic amines is 1. The van der Waals surface area contributed by atoms with Crippen molar-refractivity contribution in [1.29, 1.82) is 0 Å². The normalized spacial score (nSPS) is 16.0. The van der Waals surface area contributed by atoms with E-state index in [1.165, 1.54) is 12.2 Å². The van der Waals surface area contributed by atoms with Crippen LogP contribution in [0.5, 0.6) is 0 Å². The third kappa shape index (κ3) is 5.13. The summed E-state index contributed by atoms with van der Waals surface area (Å²) in [5, 5.41) is 4.30. The summed E-state index contributed by atoms with van der Waals surface area (Å²) in [5.41, 5.74) is 0.659. The van der Waals surface area contributed by atoms with Crippen molar-refractivity contribution in [1.82, 2.24) is 15.2 Å². The van der Waals surface area contributed by atoms with Gasteiger partial charge in [0.15, 0.2) is 5.78 Å². The molecule has 1 aromatic heterocycles. The predicted molar refractivity (Wildman–Crippen MR) is 112 cm³/mol. The number of ketones is 1. The molecule has 8 heteroatoms. The molecule has 0 radical (unpaired) electrons. The molecule has 1 heterocycles. The van der Waals surface area contributed by atoms with Crippen molar-refractivity contribution in [3.8, 4) is 0 Å². The highest BCUT2D eigenvalue weighted by atomic mass is 35.5. The first kappa shape index (κ1) is 20.8. The summed E-state index contributed by atoms with van der Waals surface area (Å²) < 4.78 is 5.10. The number of urea groups is 1. The summed E-state index contributed by atoms with van der Waals surface area (Å²) in [7, 11) is 1.61. The van der Waals surface area contributed by atoms with E-state index in [0.717, 1.165) is 10.9 Å². The fraction of sp³-hybridized carbons (Fsp3) is 0.286. The van der Waals surface area contributed by atoms with Crippen molar-refractivity contribution in [2.45, 2.75) is 19.0 Å². The van der Waals surface area contributed by atoms with Crippen molar-refractivity contribution in [2.24, 2.45) is 0 Å². The number of nitrogens with one attached hydrogen (secondary N) is 2. The standard InChI is InChI=1S/C21H22ClN3O4/c1-29-10-4-9-25(21(28)24-15-7-8-19(26)18(22)11-15)13-14-12-23-20(27)17-6-3-2-5-16(14)17/h2-3,5-8,11-12,15H,4,9-10,13H2,1H3,(H,23,27)(H,24,28)/t15-/m1/s1. The minimum Gasteiger partial charge on any atom is -0.385 e. The van der Waals surface area contributed by atoms with Crippen LogP contribution >= 0.6 is 11.6 Å². The summed E-state index contributed by atoms with van der Waals surface area (Å²) in [6.07, 6.45) is 6.73. The van der Waals surface area contributed by atoms with Crippen LogP contribution in [-0.4, -0.2) is 48.0 Å². The summed E-state index contributed by atoms with van der Waals surface area (Å²) in [6.45, 7) is 1.28. The first-order valence-electron chi connectivity index (χ1n) is 9.23. The van der Waals surface area contributed by atoms with Gasteiger partial charge in [0.2, 0.25) is 0 Å². The number of rotatable bonds is 7. The zero-order valence-electron chi connectivity index (χ0n) is 16.0. The Balaban J connectivity index is 1.81. The van der Waals surface area contributed by atoms with Crippen LogP contribution in [0.3, 0.4) is 0 Å². The number of carbonyl (C=O) groups is 2. The number of benzene rings is 1. The van der Waals surface area contributed by atoms with Gasteiger partial charge in [-0.25, -0.2) is 4.79 Å². The maximum Gasteiger partial charge on any atom is 0.318 e. The molecule has 0 saturated heterocycles. The molecule has 2 amide bonds. The van der Waals surface area contributed by atoms with Crippen LogP contribution in [-0.2, 0) is 16.1 Å². The van der Waals surface area contributed by atoms with Gasteiger partial charge in [-0.15, -0.1) is 0 Å². The molecule has 2 N–H and O–H groups in total. The fourth-order valence-electron chi connectivity index (χ4n) is 3.15. The third-order valence-electron chi connectivity index (χ3n) is 4.63. The number of ether oxygens (including phenoxy) is 1. The number of hydrogen-bond donors (Lipinski definition) is 2. The third-order valence-corrected chi connectivity index (χ3v) is 4.94. The molecule has 1 aliphatic rings. The summed E-state index contributed by atoms with van der Waals surface area (Å²) in [4.78, 5) is 40.8. The van der Waals surface area contributed by atoms with Gasteiger partial charge in [-0.2, -0.15) is 0 Å². The van der Waals surface area contributed by atoms with Crippen molar-refractivity contribution in [3.05, 3.63) is 69.6 Å². The highest BCUT2D eigenvalue weighted by Gasteiger charge is 2.20. The smallest absolute Gasteiger partial charge is 0.318 e. The Morgan fingerprint density at radius 2 is 2.03 bits per heavy atom. The van der Waals surface area contributed by atoms with Crippen LogP contribution in [0.2, 0.25) is 0 Å². The maximum atomic E-state index is 12.9. The number of pyridine rings is 1. The monoisotopic (exact) mass is 415 g/mol. The first-order chi connectivity index (χ1) is 14.0. The molecule has 1 aromatic carbocycles. The number of carbonyl (C=O) groups excluding carboxylic acids is 2. The second-order valence-electron chi connectivity index (χ2n) is 6.67. The van der Waals surface area contributed by atoms with Crippen molar-refractivity contribution >= 4 is 34.2 Å². The van der Waals surface area contributed by atoms with E-state index in [1.807, 2.05) is 12.1 Å². The van der Waals surface area contributed by atoms with Crippen molar-refractivity contribution in [2.75, 3.05) is 20.3 Å². The van der Waals surface area contributed by atoms with Crippen molar-refractivity contribution in [3.63, 3.8) is 0 Å². The Morgan fingerprint density at radius 3 is 2.76 bits per heavy atom. The van der Waals surface area contributed by atoms with E-state index in [1.54, 1.807) is 36.4 Å². The molecule has 0 unspecified atom stereocenters. The van der Waals surface area contributed by atoms with E-state index in [0.29, 0.717) is 31.5 Å². The molecule has 1 aliphatic carbocycles. The fourth-order valence-corrected chi connectivity index (χ4v) is 3.35. The van der Waals surface area contributed by atoms with Gasteiger partial charge in [0, 0.05) is 38.4 Å². The van der Waals surface area contributed by atoms with Crippen LogP contribution in [0.25, 0.3) is 10.8 Å². The predicted octanol–water partition coefficient (Wildman–Crippen LogP) is 2.71. The number of halogens is 1. The van der Waals surface area contributed by atoms with Crippen LogP contribution in [0.15, 0.2) is 58.5 Å². The quantitative estimate of drug-likeness (QED) is 0.680. The minimum absolute atomic E-state index is 0.0790. The molecule has 1 atom stereocenters. The van der Waals surface area contributed by atoms with Crippen LogP contribution in [0.1, 0.15) is 12.0 Å². The van der Waals surface area contributed by atoms with Gasteiger partial charge in [0.05, 0.1) is 11.1 Å². The summed E-state index contributed by atoms with van der Waals surface area (Å²) in [5.74, 6) is -0.283. The zero-order chi connectivity index (χ0) is 20.8. The van der Waals surface area contributed by atoms with E-state index >= 15 is 0 Å². The molecule has 7 nitrogen and oxygen atoms in total. The van der Waals surface area contributed by atoms with Gasteiger partial charge in [0.1, 0.15) is 0 Å². The number of amides is 2. The number of H-pyrrole nitrogens is 1. The van der Waals surface area contributed by atoms with Gasteiger partial charge < -0.3 is 19.9 Å². The largest absolute Gasteiger partial charge is 0.385 e. The van der Waals surface area contributed by atoms with Gasteiger partial charge >= 0.3 is 6.03 Å². The van der Waals surface area contributed by atoms with E-state index in [4.69, 9.17) is 16.3 Å². The Labute approximate surface area is 173 Å². The van der Waals surface area contributed by atoms with Crippen LogP contribution < -0.4 is 10.9 Å². The van der Waals surface area contributed by atoms with E-state index < -0.39 is 6.04 Å². The number of aromatic nitrogens is 1. The summed E-state index contributed by atoms with van der Waals surface area (Å²) in [6, 6.07) is 6.51. The lowest BCUT2D eigenvalue weighted by atomic mass is 10.1. The average Bonchev–Trinajstić information content (AvgIpc) is 2.72. The van der Waals surface area contributed by atoms with Gasteiger partial charge in [-0.05, 0) is 35.6 Å². The highest BCUT2D eigenvalue weighted by Crippen LogP contribution is 2.17. The molecule has 0 saturated carbocycles. The maximum absolute atomic E-state index is 12.9. The Kier molecular flexibility index (Phi) is 6.85. The molecule has 0 aliphatic heterocycles. The second kappa shape index (κ2) is 9.54. The second-order valence-corrected chi connectivity index (χ2v) is 7.08. The topological polar surface area (TPSA) is 91.5 Å². The lowest BCUT2D eigenvalue weighted by Gasteiger charge is -2.26. The van der Waals surface area contributed by atoms with Gasteiger partial charge in [-0.3, -0.25) is 9.59 Å². The van der Waals surface area contributed by atoms with E-state index in [9.17, 15) is 14.4 Å². The number of fused-ring (bicyclic) bond motifs is 1. The van der Waals surface area contributed by atoms with E-state index in [-0.39, 0.29) is 22.4 Å². The zero-order valence-corrected chi connectivity index (χ0v) is 16.7. The molecule has 0 fully saturated rings. The number of hydrogen-bond acceptors (Lipinski definition) is 4. The summed E-state index contributed by atoms with van der Waals surface area (Å²) >= 11 is 5.88. The van der Waals surface area contributed by atoms with Crippen LogP contribution in [0, 0.1) is 0 Å². The van der Waals surface area contributed by atoms with Crippen molar-refractivity contribution < 1.29 is 14.3 Å². The highest BCUT2D eigenvalue weighted by molar-refractivity contribution is 6.44. The first-order valence-corrected chi connectivity index (χ1v) is 9.61. The van der Waals surface area contributed by atoms with Crippen LogP contribution in [0.4, 0.5) is 4.79 Å². The Hall–Kier alpha value is -2.90. The molecule has 2 aromatic rings. The van der Waals surface area contributed by atoms with Gasteiger partial charge in [0.25, 0.3) is 5.56 Å². The molecular weight excluding hydrogens is 394 g/mol. The molecule has 29 heavy (non-hydrogen) atoms. The Bertz CT molecular complexity index is 1030. The lowest BCUT2D eigenvalue weighted by molar-refractivity contribution is -0.110. The minimum atomic E-state index is -0.468. The lowest BCUT2D eigenvalue weighted by Crippen LogP contribution is -2.44.